The summed E-state index contributed by atoms with van der Waals surface area (Å²) in [4.78, 5) is 50.3. The van der Waals surface area contributed by atoms with Crippen LogP contribution < -0.4 is 15.5 Å². The minimum atomic E-state index is -1.25. The molecule has 0 bridgehead atoms. The lowest BCUT2D eigenvalue weighted by Crippen LogP contribution is -2.57. The molecule has 0 fully saturated rings. The van der Waals surface area contributed by atoms with Gasteiger partial charge < -0.3 is 15.7 Å². The molecule has 9 heteroatoms. The molecule has 0 spiro atoms. The van der Waals surface area contributed by atoms with Gasteiger partial charge in [0.25, 0.3) is 5.91 Å². The number of nitrogens with one attached hydrogen (secondary N) is 2. The molecule has 3 amide bonds. The fourth-order valence-corrected chi connectivity index (χ4v) is 3.97. The van der Waals surface area contributed by atoms with Gasteiger partial charge in [-0.1, -0.05) is 32.0 Å². The molecule has 2 heterocycles. The number of aryl methyl sites for hydroxylation is 1. The topological polar surface area (TPSA) is 116 Å². The van der Waals surface area contributed by atoms with Gasteiger partial charge in [0.15, 0.2) is 6.67 Å². The SMILES string of the molecule is CC(C)[C@H](NC(=O)CF)C(=O)N[C@H]1CCc2cccc3c2N(C1=O)[C@H](C(=O)O)C3. The summed E-state index contributed by atoms with van der Waals surface area (Å²) in [6, 6.07) is 2.53. The van der Waals surface area contributed by atoms with Gasteiger partial charge in [0.05, 0.1) is 5.69 Å². The van der Waals surface area contributed by atoms with E-state index >= 15 is 0 Å². The van der Waals surface area contributed by atoms with Crippen molar-refractivity contribution < 1.29 is 28.7 Å². The summed E-state index contributed by atoms with van der Waals surface area (Å²) in [5.41, 5.74) is 2.28. The third kappa shape index (κ3) is 3.94. The Labute approximate surface area is 167 Å². The normalized spacial score (nSPS) is 21.4. The maximum atomic E-state index is 13.2. The maximum absolute atomic E-state index is 13.2. The molecule has 0 unspecified atom stereocenters. The van der Waals surface area contributed by atoms with E-state index in [4.69, 9.17) is 0 Å². The summed E-state index contributed by atoms with van der Waals surface area (Å²) in [5.74, 6) is -3.43. The molecule has 0 aromatic heterocycles. The van der Waals surface area contributed by atoms with Gasteiger partial charge in [-0.25, -0.2) is 9.18 Å². The first kappa shape index (κ1) is 20.8. The zero-order valence-electron chi connectivity index (χ0n) is 16.3. The van der Waals surface area contributed by atoms with E-state index < -0.39 is 48.5 Å². The number of anilines is 1. The van der Waals surface area contributed by atoms with Gasteiger partial charge >= 0.3 is 5.97 Å². The molecule has 1 aromatic rings. The van der Waals surface area contributed by atoms with Crippen molar-refractivity contribution in [2.75, 3.05) is 11.6 Å². The Morgan fingerprint density at radius 3 is 2.59 bits per heavy atom. The first-order valence-corrected chi connectivity index (χ1v) is 9.57. The van der Waals surface area contributed by atoms with E-state index in [1.54, 1.807) is 13.8 Å². The predicted molar refractivity (Wildman–Crippen MR) is 102 cm³/mol. The first-order chi connectivity index (χ1) is 13.7. The highest BCUT2D eigenvalue weighted by Crippen LogP contribution is 2.39. The van der Waals surface area contributed by atoms with E-state index in [-0.39, 0.29) is 12.3 Å². The van der Waals surface area contributed by atoms with Gasteiger partial charge in [0.2, 0.25) is 11.8 Å². The Bertz CT molecular complexity index is 857. The van der Waals surface area contributed by atoms with Crippen LogP contribution in [0.4, 0.5) is 10.1 Å². The highest BCUT2D eigenvalue weighted by Gasteiger charge is 2.44. The van der Waals surface area contributed by atoms with Crippen molar-refractivity contribution in [3.63, 3.8) is 0 Å². The van der Waals surface area contributed by atoms with E-state index in [9.17, 15) is 28.7 Å². The Balaban J connectivity index is 1.85. The number of hydrogen-bond donors (Lipinski definition) is 3. The molecule has 3 N–H and O–H groups in total. The van der Waals surface area contributed by atoms with Crippen LogP contribution in [0.15, 0.2) is 18.2 Å². The number of carboxylic acids is 1. The summed E-state index contributed by atoms with van der Waals surface area (Å²) in [6.45, 7) is 2.15. The van der Waals surface area contributed by atoms with Gasteiger partial charge in [-0.15, -0.1) is 0 Å². The Morgan fingerprint density at radius 1 is 1.28 bits per heavy atom. The van der Waals surface area contributed by atoms with Gasteiger partial charge in [-0.2, -0.15) is 0 Å². The maximum Gasteiger partial charge on any atom is 0.327 e. The van der Waals surface area contributed by atoms with Crippen LogP contribution in [0.1, 0.15) is 31.4 Å². The molecule has 0 radical (unpaired) electrons. The number of benzene rings is 1. The van der Waals surface area contributed by atoms with Crippen LogP contribution in [0, 0.1) is 5.92 Å². The molecule has 29 heavy (non-hydrogen) atoms. The van der Waals surface area contributed by atoms with Crippen LogP contribution in [0.5, 0.6) is 0 Å². The van der Waals surface area contributed by atoms with E-state index in [0.29, 0.717) is 18.5 Å². The summed E-state index contributed by atoms with van der Waals surface area (Å²) >= 11 is 0. The van der Waals surface area contributed by atoms with Crippen LogP contribution in [0.2, 0.25) is 0 Å². The molecule has 1 aromatic carbocycles. The average molecular weight is 405 g/mol. The van der Waals surface area contributed by atoms with Crippen LogP contribution in [0.25, 0.3) is 0 Å². The number of amides is 3. The lowest BCUT2D eigenvalue weighted by atomic mass is 10.00. The summed E-state index contributed by atoms with van der Waals surface area (Å²) in [7, 11) is 0. The van der Waals surface area contributed by atoms with Crippen molar-refractivity contribution in [1.29, 1.82) is 0 Å². The molecule has 0 saturated carbocycles. The molecule has 2 aliphatic heterocycles. The highest BCUT2D eigenvalue weighted by atomic mass is 19.1. The van der Waals surface area contributed by atoms with Crippen LogP contribution in [-0.2, 0) is 32.0 Å². The van der Waals surface area contributed by atoms with E-state index in [1.165, 1.54) is 4.90 Å². The highest BCUT2D eigenvalue weighted by molar-refractivity contribution is 6.07. The second-order valence-corrected chi connectivity index (χ2v) is 7.71. The number of halogens is 1. The molecule has 3 atom stereocenters. The number of carbonyl (C=O) groups is 4. The van der Waals surface area contributed by atoms with Crippen LogP contribution >= 0.6 is 0 Å². The zero-order chi connectivity index (χ0) is 21.3. The molecule has 8 nitrogen and oxygen atoms in total. The molecular weight excluding hydrogens is 381 g/mol. The minimum Gasteiger partial charge on any atom is -0.480 e. The molecular formula is C20H24FN3O5. The molecule has 0 aliphatic carbocycles. The average Bonchev–Trinajstić information content (AvgIpc) is 3.02. The lowest BCUT2D eigenvalue weighted by Gasteiger charge is -2.28. The molecule has 156 valence electrons. The second kappa shape index (κ2) is 8.18. The van der Waals surface area contributed by atoms with Crippen molar-refractivity contribution in [1.82, 2.24) is 10.6 Å². The Morgan fingerprint density at radius 2 is 1.97 bits per heavy atom. The quantitative estimate of drug-likeness (QED) is 0.640. The lowest BCUT2D eigenvalue weighted by molar-refractivity contribution is -0.140. The number of rotatable bonds is 6. The number of aliphatic carboxylic acids is 1. The van der Waals surface area contributed by atoms with Crippen LogP contribution in [-0.4, -0.2) is 53.6 Å². The molecule has 3 rings (SSSR count). The minimum absolute atomic E-state index is 0.214. The number of carbonyl (C=O) groups excluding carboxylic acids is 3. The van der Waals surface area contributed by atoms with Crippen molar-refractivity contribution in [2.24, 2.45) is 5.92 Å². The fourth-order valence-electron chi connectivity index (χ4n) is 3.97. The Hall–Kier alpha value is -2.97. The Kier molecular flexibility index (Phi) is 5.86. The van der Waals surface area contributed by atoms with Gasteiger partial charge in [-0.3, -0.25) is 19.3 Å². The van der Waals surface area contributed by atoms with Gasteiger partial charge in [-0.05, 0) is 29.9 Å². The van der Waals surface area contributed by atoms with E-state index in [2.05, 4.69) is 10.6 Å². The fraction of sp³-hybridized carbons (Fsp3) is 0.500. The summed E-state index contributed by atoms with van der Waals surface area (Å²) in [5, 5.41) is 14.6. The summed E-state index contributed by atoms with van der Waals surface area (Å²) in [6.07, 6.45) is 1.00. The number of hydrogen-bond acceptors (Lipinski definition) is 4. The largest absolute Gasteiger partial charge is 0.480 e. The smallest absolute Gasteiger partial charge is 0.327 e. The number of para-hydroxylation sites is 1. The third-order valence-corrected chi connectivity index (χ3v) is 5.40. The van der Waals surface area contributed by atoms with E-state index in [0.717, 1.165) is 11.1 Å². The third-order valence-electron chi connectivity index (χ3n) is 5.40. The number of nitrogens with zero attached hydrogens (tertiary/aromatic N) is 1. The number of alkyl halides is 1. The van der Waals surface area contributed by atoms with Crippen molar-refractivity contribution in [2.45, 2.75) is 51.2 Å². The van der Waals surface area contributed by atoms with Gasteiger partial charge in [0.1, 0.15) is 18.1 Å². The predicted octanol–water partition coefficient (Wildman–Crippen LogP) is 0.570. The van der Waals surface area contributed by atoms with Crippen molar-refractivity contribution >= 4 is 29.4 Å². The zero-order valence-corrected chi connectivity index (χ0v) is 16.3. The molecule has 0 saturated heterocycles. The molecule has 2 aliphatic rings. The van der Waals surface area contributed by atoms with Crippen molar-refractivity contribution in [3.05, 3.63) is 29.3 Å². The monoisotopic (exact) mass is 405 g/mol. The summed E-state index contributed by atoms with van der Waals surface area (Å²) < 4.78 is 12.6. The van der Waals surface area contributed by atoms with Crippen molar-refractivity contribution in [3.8, 4) is 0 Å². The van der Waals surface area contributed by atoms with E-state index in [1.807, 2.05) is 18.2 Å². The van der Waals surface area contributed by atoms with Gasteiger partial charge in [0, 0.05) is 6.42 Å². The van der Waals surface area contributed by atoms with Crippen LogP contribution in [0.3, 0.4) is 0 Å². The second-order valence-electron chi connectivity index (χ2n) is 7.71. The standard InChI is InChI=1S/C20H24FN3O5/c1-10(2)16(23-15(25)9-21)18(26)22-13-7-6-11-4-3-5-12-8-14(20(28)29)24(17(11)12)19(13)27/h3-5,10,13-14,16H,6-9H2,1-2H3,(H,22,26)(H,23,25)(H,28,29)/t13-,14-,16-/m0/s1. The first-order valence-electron chi connectivity index (χ1n) is 9.57. The number of carboxylic acid groups (broad SMARTS) is 1.